The lowest BCUT2D eigenvalue weighted by molar-refractivity contribution is 0.104. The number of rotatable bonds is 4. The van der Waals surface area contributed by atoms with Crippen LogP contribution in [0.15, 0.2) is 34.3 Å². The first-order valence-electron chi connectivity index (χ1n) is 4.84. The summed E-state index contributed by atoms with van der Waals surface area (Å²) >= 11 is 1.25. The van der Waals surface area contributed by atoms with E-state index in [1.54, 1.807) is 23.6 Å². The van der Waals surface area contributed by atoms with Gasteiger partial charge in [-0.2, -0.15) is 10.4 Å². The lowest BCUT2D eigenvalue weighted by Crippen LogP contribution is -2.25. The number of carbonyl (C=O) groups is 2. The van der Waals surface area contributed by atoms with Gasteiger partial charge in [0.05, 0.1) is 10.6 Å². The monoisotopic (exact) mass is 262 g/mol. The van der Waals surface area contributed by atoms with Crippen molar-refractivity contribution in [1.29, 1.82) is 5.26 Å². The lowest BCUT2D eigenvalue weighted by Gasteiger charge is -1.97. The molecule has 0 unspecified atom stereocenters. The molecule has 2 amide bonds. The SMILES string of the molecule is CC(/C=C(\C#N)C(=O)c1cccs1)=N/NC(N)=O. The number of hydrazone groups is 1. The number of amides is 2. The summed E-state index contributed by atoms with van der Waals surface area (Å²) in [5.41, 5.74) is 7.10. The predicted octanol–water partition coefficient (Wildman–Crippen LogP) is 1.42. The standard InChI is InChI=1S/C11H10N4O2S/c1-7(14-15-11(13)17)5-8(6-12)10(16)9-3-2-4-18-9/h2-5H,1H3,(H3,13,15,17)/b8-5+,14-7-. The molecule has 0 bridgehead atoms. The van der Waals surface area contributed by atoms with E-state index in [0.717, 1.165) is 0 Å². The molecule has 1 heterocycles. The van der Waals surface area contributed by atoms with Crippen molar-refractivity contribution in [3.63, 3.8) is 0 Å². The highest BCUT2D eigenvalue weighted by Crippen LogP contribution is 2.14. The summed E-state index contributed by atoms with van der Waals surface area (Å²) in [5.74, 6) is -0.374. The van der Waals surface area contributed by atoms with E-state index in [1.165, 1.54) is 24.3 Å². The number of carbonyl (C=O) groups excluding carboxylic acids is 2. The molecule has 0 aliphatic carbocycles. The maximum absolute atomic E-state index is 11.9. The number of urea groups is 1. The van der Waals surface area contributed by atoms with Gasteiger partial charge in [-0.3, -0.25) is 4.79 Å². The molecule has 0 aliphatic heterocycles. The van der Waals surface area contributed by atoms with Crippen LogP contribution in [0.5, 0.6) is 0 Å². The molecule has 0 fully saturated rings. The summed E-state index contributed by atoms with van der Waals surface area (Å²) in [6.45, 7) is 1.54. The van der Waals surface area contributed by atoms with E-state index in [1.807, 2.05) is 5.43 Å². The summed E-state index contributed by atoms with van der Waals surface area (Å²) in [5, 5.41) is 14.3. The number of nitrogens with two attached hydrogens (primary N) is 1. The van der Waals surface area contributed by atoms with Crippen LogP contribution in [0, 0.1) is 11.3 Å². The second kappa shape index (κ2) is 6.32. The Hall–Kier alpha value is -2.46. The normalized spacial score (nSPS) is 11.8. The maximum Gasteiger partial charge on any atom is 0.332 e. The fraction of sp³-hybridized carbons (Fsp3) is 0.0909. The molecule has 0 atom stereocenters. The van der Waals surface area contributed by atoms with Gasteiger partial charge in [-0.05, 0) is 24.4 Å². The van der Waals surface area contributed by atoms with Gasteiger partial charge in [0.2, 0.25) is 5.78 Å². The van der Waals surface area contributed by atoms with Crippen molar-refractivity contribution in [3.8, 4) is 6.07 Å². The molecule has 0 aromatic carbocycles. The predicted molar refractivity (Wildman–Crippen MR) is 68.2 cm³/mol. The van der Waals surface area contributed by atoms with Crippen LogP contribution in [0.4, 0.5) is 4.79 Å². The largest absolute Gasteiger partial charge is 0.350 e. The van der Waals surface area contributed by atoms with Crippen molar-refractivity contribution >= 4 is 28.9 Å². The molecule has 6 nitrogen and oxygen atoms in total. The Balaban J connectivity index is 2.90. The molecule has 92 valence electrons. The third-order valence-electron chi connectivity index (χ3n) is 1.81. The van der Waals surface area contributed by atoms with Crippen molar-refractivity contribution < 1.29 is 9.59 Å². The first-order chi connectivity index (χ1) is 8.54. The van der Waals surface area contributed by atoms with Gasteiger partial charge in [0.15, 0.2) is 0 Å². The van der Waals surface area contributed by atoms with E-state index in [4.69, 9.17) is 11.0 Å². The second-order valence-electron chi connectivity index (χ2n) is 3.21. The Morgan fingerprint density at radius 1 is 1.61 bits per heavy atom. The Kier molecular flexibility index (Phi) is 4.78. The molecule has 0 spiro atoms. The summed E-state index contributed by atoms with van der Waals surface area (Å²) in [6.07, 6.45) is 1.29. The van der Waals surface area contributed by atoms with E-state index >= 15 is 0 Å². The first-order valence-corrected chi connectivity index (χ1v) is 5.72. The van der Waals surface area contributed by atoms with Crippen LogP contribution in [-0.4, -0.2) is 17.5 Å². The summed E-state index contributed by atoms with van der Waals surface area (Å²) in [7, 11) is 0. The number of nitriles is 1. The van der Waals surface area contributed by atoms with E-state index < -0.39 is 6.03 Å². The van der Waals surface area contributed by atoms with Crippen LogP contribution < -0.4 is 11.2 Å². The zero-order valence-electron chi connectivity index (χ0n) is 9.51. The smallest absolute Gasteiger partial charge is 0.332 e. The zero-order chi connectivity index (χ0) is 13.5. The fourth-order valence-corrected chi connectivity index (χ4v) is 1.75. The van der Waals surface area contributed by atoms with Crippen LogP contribution in [0.3, 0.4) is 0 Å². The quantitative estimate of drug-likeness (QED) is 0.281. The van der Waals surface area contributed by atoms with Crippen molar-refractivity contribution in [2.45, 2.75) is 6.92 Å². The Bertz CT molecular complexity index is 552. The minimum Gasteiger partial charge on any atom is -0.350 e. The highest BCUT2D eigenvalue weighted by molar-refractivity contribution is 7.12. The van der Waals surface area contributed by atoms with Gasteiger partial charge in [-0.15, -0.1) is 11.3 Å². The Morgan fingerprint density at radius 3 is 2.83 bits per heavy atom. The molecule has 1 aromatic heterocycles. The van der Waals surface area contributed by atoms with Crippen molar-refractivity contribution in [1.82, 2.24) is 5.43 Å². The van der Waals surface area contributed by atoms with Crippen LogP contribution in [0.25, 0.3) is 0 Å². The highest BCUT2D eigenvalue weighted by atomic mass is 32.1. The number of allylic oxidation sites excluding steroid dienone is 2. The van der Waals surface area contributed by atoms with Crippen LogP contribution in [-0.2, 0) is 0 Å². The number of nitrogens with zero attached hydrogens (tertiary/aromatic N) is 2. The molecule has 0 aliphatic rings. The summed E-state index contributed by atoms with van der Waals surface area (Å²) in [4.78, 5) is 22.8. The minimum absolute atomic E-state index is 0.0510. The van der Waals surface area contributed by atoms with Crippen LogP contribution in [0.2, 0.25) is 0 Å². The van der Waals surface area contributed by atoms with Gasteiger partial charge in [-0.1, -0.05) is 6.07 Å². The molecule has 0 saturated carbocycles. The third-order valence-corrected chi connectivity index (χ3v) is 2.67. The number of primary amides is 1. The minimum atomic E-state index is -0.814. The topological polar surface area (TPSA) is 108 Å². The molecule has 1 aromatic rings. The molecule has 3 N–H and O–H groups in total. The van der Waals surface area contributed by atoms with Crippen LogP contribution >= 0.6 is 11.3 Å². The first kappa shape index (κ1) is 13.6. The number of thiophene rings is 1. The van der Waals surface area contributed by atoms with Crippen molar-refractivity contribution in [2.75, 3.05) is 0 Å². The highest BCUT2D eigenvalue weighted by Gasteiger charge is 2.12. The molecule has 0 radical (unpaired) electrons. The fourth-order valence-electron chi connectivity index (χ4n) is 1.07. The molecule has 1 rings (SSSR count). The number of hydrogen-bond donors (Lipinski definition) is 2. The number of Topliss-reactive ketones (excluding diaryl/α,β-unsaturated/α-hetero) is 1. The number of hydrogen-bond acceptors (Lipinski definition) is 5. The van der Waals surface area contributed by atoms with Gasteiger partial charge in [0.1, 0.15) is 11.6 Å². The van der Waals surface area contributed by atoms with E-state index in [2.05, 4.69) is 5.10 Å². The molecular weight excluding hydrogens is 252 g/mol. The average Bonchev–Trinajstić information content (AvgIpc) is 2.86. The van der Waals surface area contributed by atoms with Crippen molar-refractivity contribution in [2.24, 2.45) is 10.8 Å². The summed E-state index contributed by atoms with van der Waals surface area (Å²) in [6, 6.07) is 4.34. The van der Waals surface area contributed by atoms with Gasteiger partial charge < -0.3 is 5.73 Å². The van der Waals surface area contributed by atoms with Gasteiger partial charge >= 0.3 is 6.03 Å². The van der Waals surface area contributed by atoms with Gasteiger partial charge in [0, 0.05) is 0 Å². The number of nitrogens with one attached hydrogen (secondary N) is 1. The zero-order valence-corrected chi connectivity index (χ0v) is 10.3. The molecule has 7 heteroatoms. The molecule has 18 heavy (non-hydrogen) atoms. The van der Waals surface area contributed by atoms with Gasteiger partial charge in [-0.25, -0.2) is 10.2 Å². The van der Waals surface area contributed by atoms with Crippen molar-refractivity contribution in [3.05, 3.63) is 34.0 Å². The van der Waals surface area contributed by atoms with Crippen LogP contribution in [0.1, 0.15) is 16.6 Å². The third kappa shape index (κ3) is 3.84. The molecular formula is C11H10N4O2S. The second-order valence-corrected chi connectivity index (χ2v) is 4.15. The van der Waals surface area contributed by atoms with E-state index in [0.29, 0.717) is 10.6 Å². The van der Waals surface area contributed by atoms with Gasteiger partial charge in [0.25, 0.3) is 0 Å². The Labute approximate surface area is 107 Å². The molecule has 0 saturated heterocycles. The maximum atomic E-state index is 11.9. The summed E-state index contributed by atoms with van der Waals surface area (Å²) < 4.78 is 0. The lowest BCUT2D eigenvalue weighted by atomic mass is 10.1. The van der Waals surface area contributed by atoms with E-state index in [9.17, 15) is 9.59 Å². The Morgan fingerprint density at radius 2 is 2.33 bits per heavy atom. The number of ketones is 1. The average molecular weight is 262 g/mol. The van der Waals surface area contributed by atoms with E-state index in [-0.39, 0.29) is 11.4 Å².